The first-order chi connectivity index (χ1) is 13.0. The highest BCUT2D eigenvalue weighted by atomic mass is 32.1. The Morgan fingerprint density at radius 1 is 1.15 bits per heavy atom. The number of nitrogens with one attached hydrogen (secondary N) is 1. The van der Waals surface area contributed by atoms with E-state index in [0.29, 0.717) is 42.1 Å². The van der Waals surface area contributed by atoms with Gasteiger partial charge in [0.25, 0.3) is 11.8 Å². The number of carboxylic acid groups (broad SMARTS) is 1. The van der Waals surface area contributed by atoms with Gasteiger partial charge in [-0.3, -0.25) is 14.4 Å². The summed E-state index contributed by atoms with van der Waals surface area (Å²) in [6.07, 6.45) is 1.77. The van der Waals surface area contributed by atoms with E-state index in [-0.39, 0.29) is 17.7 Å². The molecule has 2 heterocycles. The zero-order chi connectivity index (χ0) is 19.4. The molecule has 0 atom stereocenters. The number of benzene rings is 1. The Balaban J connectivity index is 1.61. The number of rotatable bonds is 5. The minimum absolute atomic E-state index is 0.108. The standard InChI is InChI=1S/C20H22N2O4S/c1-2-13-9-12-27-17(13)18(23)21-16-5-3-14(4-6-16)19(24)22-10-7-15(8-11-22)20(25)26/h3-6,9,12,15H,2,7-8,10-11H2,1H3,(H,21,23)(H,25,26). The number of hydrogen-bond donors (Lipinski definition) is 2. The fourth-order valence-electron chi connectivity index (χ4n) is 3.21. The molecule has 0 bridgehead atoms. The van der Waals surface area contributed by atoms with Gasteiger partial charge in [-0.25, -0.2) is 0 Å². The lowest BCUT2D eigenvalue weighted by Gasteiger charge is -2.30. The first-order valence-electron chi connectivity index (χ1n) is 8.99. The molecule has 0 saturated carbocycles. The van der Waals surface area contributed by atoms with Crippen LogP contribution in [-0.4, -0.2) is 40.9 Å². The van der Waals surface area contributed by atoms with Crippen LogP contribution in [0, 0.1) is 5.92 Å². The number of hydrogen-bond acceptors (Lipinski definition) is 4. The molecule has 0 spiro atoms. The van der Waals surface area contributed by atoms with E-state index in [9.17, 15) is 14.4 Å². The number of aryl methyl sites for hydroxylation is 1. The molecule has 6 nitrogen and oxygen atoms in total. The summed E-state index contributed by atoms with van der Waals surface area (Å²) in [5, 5.41) is 13.8. The van der Waals surface area contributed by atoms with Crippen molar-refractivity contribution in [3.63, 3.8) is 0 Å². The number of amides is 2. The Hall–Kier alpha value is -2.67. The number of likely N-dealkylation sites (tertiary alicyclic amines) is 1. The predicted molar refractivity (Wildman–Crippen MR) is 104 cm³/mol. The Morgan fingerprint density at radius 3 is 2.41 bits per heavy atom. The summed E-state index contributed by atoms with van der Waals surface area (Å²) in [5.41, 5.74) is 2.19. The average Bonchev–Trinajstić information content (AvgIpc) is 3.17. The molecule has 1 aromatic carbocycles. The molecule has 0 radical (unpaired) electrons. The molecule has 7 heteroatoms. The predicted octanol–water partition coefficient (Wildman–Crippen LogP) is 3.50. The van der Waals surface area contributed by atoms with Crippen molar-refractivity contribution in [1.29, 1.82) is 0 Å². The van der Waals surface area contributed by atoms with Crippen LogP contribution in [0.2, 0.25) is 0 Å². The zero-order valence-corrected chi connectivity index (χ0v) is 15.9. The lowest BCUT2D eigenvalue weighted by molar-refractivity contribution is -0.143. The van der Waals surface area contributed by atoms with Crippen molar-refractivity contribution in [3.05, 3.63) is 51.7 Å². The molecular formula is C20H22N2O4S. The quantitative estimate of drug-likeness (QED) is 0.823. The molecule has 1 aliphatic rings. The molecule has 142 valence electrons. The van der Waals surface area contributed by atoms with Crippen LogP contribution in [0.1, 0.15) is 45.4 Å². The Kier molecular flexibility index (Phi) is 5.91. The highest BCUT2D eigenvalue weighted by molar-refractivity contribution is 7.12. The van der Waals surface area contributed by atoms with E-state index in [1.807, 2.05) is 18.4 Å². The van der Waals surface area contributed by atoms with Gasteiger partial charge < -0.3 is 15.3 Å². The molecule has 2 aromatic rings. The third-order valence-corrected chi connectivity index (χ3v) is 5.81. The number of carbonyl (C=O) groups excluding carboxylic acids is 2. The second kappa shape index (κ2) is 8.35. The van der Waals surface area contributed by atoms with Crippen molar-refractivity contribution >= 4 is 34.8 Å². The number of aliphatic carboxylic acids is 1. The molecule has 1 aliphatic heterocycles. The second-order valence-electron chi connectivity index (χ2n) is 6.56. The van der Waals surface area contributed by atoms with Crippen LogP contribution in [-0.2, 0) is 11.2 Å². The van der Waals surface area contributed by atoms with E-state index in [0.717, 1.165) is 12.0 Å². The van der Waals surface area contributed by atoms with Gasteiger partial charge in [0.2, 0.25) is 0 Å². The summed E-state index contributed by atoms with van der Waals surface area (Å²) in [7, 11) is 0. The van der Waals surface area contributed by atoms with Crippen LogP contribution in [0.3, 0.4) is 0 Å². The zero-order valence-electron chi connectivity index (χ0n) is 15.1. The van der Waals surface area contributed by atoms with Crippen molar-refractivity contribution in [2.45, 2.75) is 26.2 Å². The Bertz CT molecular complexity index is 836. The minimum atomic E-state index is -0.792. The maximum Gasteiger partial charge on any atom is 0.306 e. The van der Waals surface area contributed by atoms with Gasteiger partial charge in [-0.1, -0.05) is 6.92 Å². The highest BCUT2D eigenvalue weighted by Crippen LogP contribution is 2.22. The minimum Gasteiger partial charge on any atom is -0.481 e. The molecule has 1 aromatic heterocycles. The van der Waals surface area contributed by atoms with Gasteiger partial charge in [0.1, 0.15) is 0 Å². The van der Waals surface area contributed by atoms with Crippen molar-refractivity contribution < 1.29 is 19.5 Å². The van der Waals surface area contributed by atoms with Crippen molar-refractivity contribution in [2.24, 2.45) is 5.92 Å². The Labute approximate surface area is 161 Å². The first-order valence-corrected chi connectivity index (χ1v) is 9.87. The normalized spacial score (nSPS) is 14.8. The van der Waals surface area contributed by atoms with Gasteiger partial charge in [0, 0.05) is 24.3 Å². The molecule has 1 fully saturated rings. The van der Waals surface area contributed by atoms with E-state index in [2.05, 4.69) is 5.32 Å². The van der Waals surface area contributed by atoms with E-state index in [4.69, 9.17) is 5.11 Å². The third kappa shape index (κ3) is 4.36. The average molecular weight is 386 g/mol. The first kappa shape index (κ1) is 19.1. The third-order valence-electron chi connectivity index (χ3n) is 4.86. The summed E-state index contributed by atoms with van der Waals surface area (Å²) < 4.78 is 0. The number of piperidine rings is 1. The topological polar surface area (TPSA) is 86.7 Å². The Morgan fingerprint density at radius 2 is 1.81 bits per heavy atom. The van der Waals surface area contributed by atoms with E-state index < -0.39 is 5.97 Å². The molecule has 1 saturated heterocycles. The van der Waals surface area contributed by atoms with Crippen LogP contribution in [0.4, 0.5) is 5.69 Å². The number of carbonyl (C=O) groups is 3. The van der Waals surface area contributed by atoms with Crippen LogP contribution in [0.25, 0.3) is 0 Å². The van der Waals surface area contributed by atoms with Crippen molar-refractivity contribution in [1.82, 2.24) is 4.90 Å². The van der Waals surface area contributed by atoms with E-state index in [1.54, 1.807) is 29.2 Å². The summed E-state index contributed by atoms with van der Waals surface area (Å²) in [4.78, 5) is 38.4. The largest absolute Gasteiger partial charge is 0.481 e. The van der Waals surface area contributed by atoms with Crippen LogP contribution >= 0.6 is 11.3 Å². The van der Waals surface area contributed by atoms with Gasteiger partial charge in [-0.15, -0.1) is 11.3 Å². The van der Waals surface area contributed by atoms with Gasteiger partial charge in [0.05, 0.1) is 10.8 Å². The SMILES string of the molecule is CCc1ccsc1C(=O)Nc1ccc(C(=O)N2CCC(C(=O)O)CC2)cc1. The highest BCUT2D eigenvalue weighted by Gasteiger charge is 2.27. The van der Waals surface area contributed by atoms with Gasteiger partial charge >= 0.3 is 5.97 Å². The summed E-state index contributed by atoms with van der Waals surface area (Å²) in [6.45, 7) is 2.91. The summed E-state index contributed by atoms with van der Waals surface area (Å²) >= 11 is 1.42. The van der Waals surface area contributed by atoms with Gasteiger partial charge in [-0.05, 0) is 60.5 Å². The van der Waals surface area contributed by atoms with Crippen LogP contribution in [0.5, 0.6) is 0 Å². The smallest absolute Gasteiger partial charge is 0.306 e. The van der Waals surface area contributed by atoms with Crippen LogP contribution < -0.4 is 5.32 Å². The molecule has 27 heavy (non-hydrogen) atoms. The number of thiophene rings is 1. The van der Waals surface area contributed by atoms with Gasteiger partial charge in [0.15, 0.2) is 0 Å². The molecule has 2 N–H and O–H groups in total. The van der Waals surface area contributed by atoms with Crippen LogP contribution in [0.15, 0.2) is 35.7 Å². The molecular weight excluding hydrogens is 364 g/mol. The lowest BCUT2D eigenvalue weighted by Crippen LogP contribution is -2.40. The van der Waals surface area contributed by atoms with E-state index >= 15 is 0 Å². The van der Waals surface area contributed by atoms with Crippen molar-refractivity contribution in [2.75, 3.05) is 18.4 Å². The van der Waals surface area contributed by atoms with Gasteiger partial charge in [-0.2, -0.15) is 0 Å². The fourth-order valence-corrected chi connectivity index (χ4v) is 4.10. The number of carboxylic acids is 1. The summed E-state index contributed by atoms with van der Waals surface area (Å²) in [5.74, 6) is -1.41. The monoisotopic (exact) mass is 386 g/mol. The van der Waals surface area contributed by atoms with Crippen molar-refractivity contribution in [3.8, 4) is 0 Å². The maximum atomic E-state index is 12.6. The number of nitrogens with zero attached hydrogens (tertiary/aromatic N) is 1. The lowest BCUT2D eigenvalue weighted by atomic mass is 9.96. The molecule has 2 amide bonds. The maximum absolute atomic E-state index is 12.6. The summed E-state index contributed by atoms with van der Waals surface area (Å²) in [6, 6.07) is 8.77. The molecule has 3 rings (SSSR count). The second-order valence-corrected chi connectivity index (χ2v) is 7.48. The van der Waals surface area contributed by atoms with E-state index in [1.165, 1.54) is 11.3 Å². The number of anilines is 1. The molecule has 0 unspecified atom stereocenters. The molecule has 0 aliphatic carbocycles. The fraction of sp³-hybridized carbons (Fsp3) is 0.350.